The molecule has 4 heteroatoms. The molecule has 0 aliphatic heterocycles. The summed E-state index contributed by atoms with van der Waals surface area (Å²) in [5, 5.41) is 9.49. The van der Waals surface area contributed by atoms with E-state index in [0.29, 0.717) is 5.75 Å². The Kier molecular flexibility index (Phi) is 6.91. The highest BCUT2D eigenvalue weighted by Crippen LogP contribution is 2.26. The van der Waals surface area contributed by atoms with Gasteiger partial charge in [0.25, 0.3) is 0 Å². The second-order valence-electron chi connectivity index (χ2n) is 4.98. The average Bonchev–Trinajstić information content (AvgIpc) is 2.41. The van der Waals surface area contributed by atoms with Gasteiger partial charge in [0.2, 0.25) is 0 Å². The Bertz CT molecular complexity index is 428. The van der Waals surface area contributed by atoms with E-state index in [2.05, 4.69) is 6.92 Å². The van der Waals surface area contributed by atoms with Gasteiger partial charge >= 0.3 is 5.97 Å². The number of rotatable bonds is 8. The lowest BCUT2D eigenvalue weighted by atomic mass is 10.1. The Morgan fingerprint density at radius 2 is 2.10 bits per heavy atom. The predicted molar refractivity (Wildman–Crippen MR) is 78.1 cm³/mol. The van der Waals surface area contributed by atoms with E-state index in [1.165, 1.54) is 13.2 Å². The fourth-order valence-electron chi connectivity index (χ4n) is 2.01. The third-order valence-corrected chi connectivity index (χ3v) is 3.14. The van der Waals surface area contributed by atoms with Crippen LogP contribution in [0.25, 0.3) is 0 Å². The standard InChI is InChI=1S/C16H24O4/c1-4-5-6-7-12(2)20-16(18)11-13-8-9-14(17)15(10-13)19-3/h8-10,12,17H,4-7,11H2,1-3H3. The van der Waals surface area contributed by atoms with Gasteiger partial charge in [0.05, 0.1) is 19.6 Å². The first-order valence-corrected chi connectivity index (χ1v) is 7.12. The maximum absolute atomic E-state index is 11.8. The smallest absolute Gasteiger partial charge is 0.310 e. The number of aromatic hydroxyl groups is 1. The van der Waals surface area contributed by atoms with Crippen LogP contribution in [-0.2, 0) is 16.0 Å². The van der Waals surface area contributed by atoms with E-state index in [9.17, 15) is 9.90 Å². The van der Waals surface area contributed by atoms with Gasteiger partial charge in [-0.3, -0.25) is 4.79 Å². The third-order valence-electron chi connectivity index (χ3n) is 3.14. The molecule has 0 radical (unpaired) electrons. The van der Waals surface area contributed by atoms with E-state index in [4.69, 9.17) is 9.47 Å². The Balaban J connectivity index is 2.45. The van der Waals surface area contributed by atoms with Crippen LogP contribution in [0, 0.1) is 0 Å². The summed E-state index contributed by atoms with van der Waals surface area (Å²) in [5.74, 6) is 0.186. The average molecular weight is 280 g/mol. The van der Waals surface area contributed by atoms with Crippen LogP contribution in [0.2, 0.25) is 0 Å². The molecule has 0 amide bonds. The summed E-state index contributed by atoms with van der Waals surface area (Å²) in [6, 6.07) is 4.87. The van der Waals surface area contributed by atoms with Gasteiger partial charge in [0.15, 0.2) is 11.5 Å². The first kappa shape index (κ1) is 16.3. The quantitative estimate of drug-likeness (QED) is 0.585. The highest BCUT2D eigenvalue weighted by molar-refractivity contribution is 5.73. The minimum Gasteiger partial charge on any atom is -0.504 e. The van der Waals surface area contributed by atoms with Crippen molar-refractivity contribution >= 4 is 5.97 Å². The van der Waals surface area contributed by atoms with Crippen LogP contribution in [-0.4, -0.2) is 24.3 Å². The molecule has 1 aromatic rings. The van der Waals surface area contributed by atoms with Gasteiger partial charge in [-0.05, 0) is 37.5 Å². The molecule has 1 N–H and O–H groups in total. The summed E-state index contributed by atoms with van der Waals surface area (Å²) in [6.45, 7) is 4.07. The van der Waals surface area contributed by atoms with Crippen LogP contribution < -0.4 is 4.74 Å². The van der Waals surface area contributed by atoms with Crippen LogP contribution in [0.3, 0.4) is 0 Å². The molecule has 0 saturated heterocycles. The summed E-state index contributed by atoms with van der Waals surface area (Å²) in [5.41, 5.74) is 0.769. The lowest BCUT2D eigenvalue weighted by Gasteiger charge is -2.13. The van der Waals surface area contributed by atoms with E-state index in [1.54, 1.807) is 12.1 Å². The number of phenolic OH excluding ortho intramolecular Hbond substituents is 1. The fourth-order valence-corrected chi connectivity index (χ4v) is 2.01. The summed E-state index contributed by atoms with van der Waals surface area (Å²) < 4.78 is 10.4. The first-order valence-electron chi connectivity index (χ1n) is 7.12. The molecule has 0 saturated carbocycles. The first-order chi connectivity index (χ1) is 9.56. The van der Waals surface area contributed by atoms with Gasteiger partial charge in [0.1, 0.15) is 0 Å². The van der Waals surface area contributed by atoms with Crippen molar-refractivity contribution in [2.75, 3.05) is 7.11 Å². The maximum atomic E-state index is 11.8. The minimum absolute atomic E-state index is 0.0481. The number of methoxy groups -OCH3 is 1. The second kappa shape index (κ2) is 8.46. The Labute approximate surface area is 120 Å². The van der Waals surface area contributed by atoms with Crippen molar-refractivity contribution in [2.45, 2.75) is 52.1 Å². The van der Waals surface area contributed by atoms with E-state index in [0.717, 1.165) is 31.2 Å². The number of phenols is 1. The van der Waals surface area contributed by atoms with Gasteiger partial charge in [0, 0.05) is 0 Å². The van der Waals surface area contributed by atoms with E-state index in [1.807, 2.05) is 6.92 Å². The molecule has 0 aromatic heterocycles. The molecule has 1 rings (SSSR count). The summed E-state index contributed by atoms with van der Waals surface area (Å²) in [7, 11) is 1.48. The van der Waals surface area contributed by atoms with Crippen molar-refractivity contribution in [2.24, 2.45) is 0 Å². The number of benzene rings is 1. The van der Waals surface area contributed by atoms with Crippen molar-refractivity contribution < 1.29 is 19.4 Å². The minimum atomic E-state index is -0.248. The molecule has 0 aliphatic rings. The van der Waals surface area contributed by atoms with Crippen molar-refractivity contribution in [3.8, 4) is 11.5 Å². The Hall–Kier alpha value is -1.71. The number of carbonyl (C=O) groups is 1. The molecular weight excluding hydrogens is 256 g/mol. The highest BCUT2D eigenvalue weighted by Gasteiger charge is 2.11. The van der Waals surface area contributed by atoms with Crippen LogP contribution in [0.15, 0.2) is 18.2 Å². The molecule has 112 valence electrons. The largest absolute Gasteiger partial charge is 0.504 e. The van der Waals surface area contributed by atoms with Crippen molar-refractivity contribution in [1.29, 1.82) is 0 Å². The van der Waals surface area contributed by atoms with Gasteiger partial charge in [-0.15, -0.1) is 0 Å². The molecule has 0 bridgehead atoms. The van der Waals surface area contributed by atoms with E-state index < -0.39 is 0 Å². The van der Waals surface area contributed by atoms with Crippen LogP contribution >= 0.6 is 0 Å². The Morgan fingerprint density at radius 1 is 1.35 bits per heavy atom. The van der Waals surface area contributed by atoms with Crippen molar-refractivity contribution in [3.63, 3.8) is 0 Å². The van der Waals surface area contributed by atoms with E-state index in [-0.39, 0.29) is 24.2 Å². The summed E-state index contributed by atoms with van der Waals surface area (Å²) >= 11 is 0. The molecule has 0 aliphatic carbocycles. The molecule has 1 atom stereocenters. The fraction of sp³-hybridized carbons (Fsp3) is 0.562. The number of ether oxygens (including phenoxy) is 2. The van der Waals surface area contributed by atoms with Crippen molar-refractivity contribution in [1.82, 2.24) is 0 Å². The van der Waals surface area contributed by atoms with Crippen LogP contribution in [0.5, 0.6) is 11.5 Å². The number of hydrogen-bond donors (Lipinski definition) is 1. The van der Waals surface area contributed by atoms with Gasteiger partial charge in [-0.25, -0.2) is 0 Å². The number of carbonyl (C=O) groups excluding carboxylic acids is 1. The Morgan fingerprint density at radius 3 is 2.75 bits per heavy atom. The normalized spacial score (nSPS) is 11.9. The monoisotopic (exact) mass is 280 g/mol. The SMILES string of the molecule is CCCCCC(C)OC(=O)Cc1ccc(O)c(OC)c1. The zero-order chi connectivity index (χ0) is 15.0. The van der Waals surface area contributed by atoms with Gasteiger partial charge in [-0.2, -0.15) is 0 Å². The number of hydrogen-bond acceptors (Lipinski definition) is 4. The molecule has 4 nitrogen and oxygen atoms in total. The topological polar surface area (TPSA) is 55.8 Å². The second-order valence-corrected chi connectivity index (χ2v) is 4.98. The molecule has 0 heterocycles. The zero-order valence-corrected chi connectivity index (χ0v) is 12.5. The van der Waals surface area contributed by atoms with Gasteiger partial charge in [-0.1, -0.05) is 25.8 Å². The maximum Gasteiger partial charge on any atom is 0.310 e. The zero-order valence-electron chi connectivity index (χ0n) is 12.5. The molecule has 20 heavy (non-hydrogen) atoms. The highest BCUT2D eigenvalue weighted by atomic mass is 16.5. The lowest BCUT2D eigenvalue weighted by molar-refractivity contribution is -0.147. The molecule has 1 unspecified atom stereocenters. The van der Waals surface area contributed by atoms with Crippen LogP contribution in [0.4, 0.5) is 0 Å². The van der Waals surface area contributed by atoms with Gasteiger partial charge < -0.3 is 14.6 Å². The molecule has 0 fully saturated rings. The molecule has 1 aromatic carbocycles. The van der Waals surface area contributed by atoms with E-state index >= 15 is 0 Å². The van der Waals surface area contributed by atoms with Crippen LogP contribution in [0.1, 0.15) is 45.1 Å². The number of esters is 1. The summed E-state index contributed by atoms with van der Waals surface area (Å²) in [6.07, 6.45) is 4.45. The molecule has 0 spiro atoms. The molecular formula is C16H24O4. The number of unbranched alkanes of at least 4 members (excludes halogenated alkanes) is 2. The summed E-state index contributed by atoms with van der Waals surface area (Å²) in [4.78, 5) is 11.8. The predicted octanol–water partition coefficient (Wildman–Crippen LogP) is 3.46. The lowest BCUT2D eigenvalue weighted by Crippen LogP contribution is -2.16. The third kappa shape index (κ3) is 5.51. The van der Waals surface area contributed by atoms with Crippen molar-refractivity contribution in [3.05, 3.63) is 23.8 Å².